The number of H-pyrrole nitrogens is 1. The van der Waals surface area contributed by atoms with Crippen LogP contribution in [-0.2, 0) is 13.0 Å². The topological polar surface area (TPSA) is 40.7 Å². The van der Waals surface area contributed by atoms with Crippen LogP contribution in [-0.4, -0.2) is 15.5 Å². The van der Waals surface area contributed by atoms with Gasteiger partial charge in [0, 0.05) is 10.4 Å². The first-order valence-corrected chi connectivity index (χ1v) is 7.17. The zero-order chi connectivity index (χ0) is 13.2. The summed E-state index contributed by atoms with van der Waals surface area (Å²) in [6, 6.07) is 4.35. The standard InChI is InChI=1S/C14H21N3S/c1-5-10-6-7-12(18-10)11-8-15-13(17-11)9-16-14(2,3)4/h6-8,16H,5,9H2,1-4H3,(H,15,17). The Bertz CT molecular complexity index is 505. The first-order chi connectivity index (χ1) is 8.48. The molecule has 0 saturated heterocycles. The molecule has 0 fully saturated rings. The maximum atomic E-state index is 4.42. The molecule has 0 atom stereocenters. The number of imidazole rings is 1. The van der Waals surface area contributed by atoms with Crippen molar-refractivity contribution in [1.82, 2.24) is 15.3 Å². The number of aryl methyl sites for hydroxylation is 1. The molecule has 0 aliphatic rings. The van der Waals surface area contributed by atoms with E-state index >= 15 is 0 Å². The van der Waals surface area contributed by atoms with Crippen molar-refractivity contribution in [2.75, 3.05) is 0 Å². The van der Waals surface area contributed by atoms with E-state index in [1.807, 2.05) is 17.5 Å². The largest absolute Gasteiger partial charge is 0.340 e. The van der Waals surface area contributed by atoms with Gasteiger partial charge in [-0.25, -0.2) is 4.98 Å². The molecule has 0 radical (unpaired) electrons. The monoisotopic (exact) mass is 263 g/mol. The molecular weight excluding hydrogens is 242 g/mol. The number of thiophene rings is 1. The van der Waals surface area contributed by atoms with Gasteiger partial charge in [-0.05, 0) is 39.3 Å². The van der Waals surface area contributed by atoms with E-state index in [1.54, 1.807) is 0 Å². The second kappa shape index (κ2) is 5.24. The quantitative estimate of drug-likeness (QED) is 0.885. The number of nitrogens with one attached hydrogen (secondary N) is 2. The molecule has 0 spiro atoms. The lowest BCUT2D eigenvalue weighted by Crippen LogP contribution is -2.35. The van der Waals surface area contributed by atoms with E-state index in [4.69, 9.17) is 0 Å². The van der Waals surface area contributed by atoms with E-state index in [0.717, 1.165) is 24.5 Å². The zero-order valence-electron chi connectivity index (χ0n) is 11.5. The lowest BCUT2D eigenvalue weighted by atomic mass is 10.1. The predicted molar refractivity (Wildman–Crippen MR) is 77.9 cm³/mol. The summed E-state index contributed by atoms with van der Waals surface area (Å²) in [7, 11) is 0. The Hall–Kier alpha value is -1.13. The van der Waals surface area contributed by atoms with Crippen LogP contribution >= 0.6 is 11.3 Å². The van der Waals surface area contributed by atoms with Crippen molar-refractivity contribution in [2.24, 2.45) is 0 Å². The van der Waals surface area contributed by atoms with E-state index in [9.17, 15) is 0 Å². The van der Waals surface area contributed by atoms with Gasteiger partial charge in [0.1, 0.15) is 5.82 Å². The summed E-state index contributed by atoms with van der Waals surface area (Å²) in [4.78, 5) is 10.5. The minimum atomic E-state index is 0.116. The minimum absolute atomic E-state index is 0.116. The number of aromatic nitrogens is 2. The lowest BCUT2D eigenvalue weighted by molar-refractivity contribution is 0.418. The van der Waals surface area contributed by atoms with Crippen LogP contribution in [0.25, 0.3) is 10.6 Å². The van der Waals surface area contributed by atoms with E-state index in [2.05, 4.69) is 55.1 Å². The van der Waals surface area contributed by atoms with Gasteiger partial charge in [0.25, 0.3) is 0 Å². The minimum Gasteiger partial charge on any atom is -0.340 e. The molecule has 0 unspecified atom stereocenters. The number of rotatable bonds is 4. The molecule has 3 nitrogen and oxygen atoms in total. The maximum Gasteiger partial charge on any atom is 0.120 e. The molecule has 2 rings (SSSR count). The molecule has 0 aliphatic carbocycles. The Morgan fingerprint density at radius 3 is 2.72 bits per heavy atom. The highest BCUT2D eigenvalue weighted by Gasteiger charge is 2.11. The van der Waals surface area contributed by atoms with Crippen LogP contribution in [0, 0.1) is 0 Å². The van der Waals surface area contributed by atoms with Crippen molar-refractivity contribution >= 4 is 11.3 Å². The van der Waals surface area contributed by atoms with Crippen molar-refractivity contribution in [3.63, 3.8) is 0 Å². The van der Waals surface area contributed by atoms with Crippen molar-refractivity contribution in [3.05, 3.63) is 29.0 Å². The molecule has 2 aromatic heterocycles. The third-order valence-corrected chi connectivity index (χ3v) is 3.95. The van der Waals surface area contributed by atoms with Crippen LogP contribution in [0.2, 0.25) is 0 Å². The molecule has 0 aromatic carbocycles. The number of nitrogens with zero attached hydrogens (tertiary/aromatic N) is 1. The second-order valence-corrected chi connectivity index (χ2v) is 6.63. The Morgan fingerprint density at radius 1 is 1.33 bits per heavy atom. The Morgan fingerprint density at radius 2 is 2.11 bits per heavy atom. The molecule has 2 N–H and O–H groups in total. The van der Waals surface area contributed by atoms with E-state index in [0.29, 0.717) is 0 Å². The molecule has 18 heavy (non-hydrogen) atoms. The van der Waals surface area contributed by atoms with Gasteiger partial charge >= 0.3 is 0 Å². The fourth-order valence-electron chi connectivity index (χ4n) is 1.64. The van der Waals surface area contributed by atoms with E-state index in [-0.39, 0.29) is 5.54 Å². The first kappa shape index (κ1) is 13.3. The third kappa shape index (κ3) is 3.43. The fourth-order valence-corrected chi connectivity index (χ4v) is 2.55. The first-order valence-electron chi connectivity index (χ1n) is 6.36. The molecule has 0 aliphatic heterocycles. The van der Waals surface area contributed by atoms with Crippen molar-refractivity contribution in [2.45, 2.75) is 46.2 Å². The molecule has 4 heteroatoms. The molecule has 0 amide bonds. The second-order valence-electron chi connectivity index (χ2n) is 5.47. The van der Waals surface area contributed by atoms with Gasteiger partial charge in [0.2, 0.25) is 0 Å². The van der Waals surface area contributed by atoms with Crippen LogP contribution in [0.5, 0.6) is 0 Å². The molecule has 0 saturated carbocycles. The maximum absolute atomic E-state index is 4.42. The van der Waals surface area contributed by atoms with Crippen LogP contribution in [0.1, 0.15) is 38.4 Å². The summed E-state index contributed by atoms with van der Waals surface area (Å²) >= 11 is 1.83. The summed E-state index contributed by atoms with van der Waals surface area (Å²) in [6.07, 6.45) is 3.02. The molecule has 98 valence electrons. The molecule has 2 aromatic rings. The SMILES string of the molecule is CCc1ccc(-c2cnc(CNC(C)(C)C)[nH]2)s1. The van der Waals surface area contributed by atoms with Crippen LogP contribution in [0.4, 0.5) is 0 Å². The van der Waals surface area contributed by atoms with Crippen molar-refractivity contribution < 1.29 is 0 Å². The Labute approximate surface area is 113 Å². The molecule has 2 heterocycles. The van der Waals surface area contributed by atoms with Gasteiger partial charge in [-0.3, -0.25) is 0 Å². The number of hydrogen-bond acceptors (Lipinski definition) is 3. The van der Waals surface area contributed by atoms with Gasteiger partial charge in [-0.15, -0.1) is 11.3 Å². The number of hydrogen-bond donors (Lipinski definition) is 2. The van der Waals surface area contributed by atoms with Crippen LogP contribution < -0.4 is 5.32 Å². The van der Waals surface area contributed by atoms with Crippen LogP contribution in [0.15, 0.2) is 18.3 Å². The molecule has 0 bridgehead atoms. The molecular formula is C14H21N3S. The van der Waals surface area contributed by atoms with E-state index < -0.39 is 0 Å². The average molecular weight is 263 g/mol. The predicted octanol–water partition coefficient (Wildman–Crippen LogP) is 3.59. The van der Waals surface area contributed by atoms with Crippen molar-refractivity contribution in [3.8, 4) is 10.6 Å². The number of aromatic amines is 1. The summed E-state index contributed by atoms with van der Waals surface area (Å²) in [6.45, 7) is 9.42. The zero-order valence-corrected chi connectivity index (χ0v) is 12.3. The summed E-state index contributed by atoms with van der Waals surface area (Å²) in [5.41, 5.74) is 1.23. The van der Waals surface area contributed by atoms with E-state index in [1.165, 1.54) is 9.75 Å². The fraction of sp³-hybridized carbons (Fsp3) is 0.500. The normalized spacial score (nSPS) is 12.0. The Kier molecular flexibility index (Phi) is 3.88. The Balaban J connectivity index is 2.06. The smallest absolute Gasteiger partial charge is 0.120 e. The highest BCUT2D eigenvalue weighted by Crippen LogP contribution is 2.26. The van der Waals surface area contributed by atoms with Gasteiger partial charge in [-0.2, -0.15) is 0 Å². The summed E-state index contributed by atoms with van der Waals surface area (Å²) in [5, 5.41) is 3.43. The van der Waals surface area contributed by atoms with Crippen molar-refractivity contribution in [1.29, 1.82) is 0 Å². The van der Waals surface area contributed by atoms with Gasteiger partial charge in [0.15, 0.2) is 0 Å². The average Bonchev–Trinajstić information content (AvgIpc) is 2.94. The van der Waals surface area contributed by atoms with Gasteiger partial charge < -0.3 is 10.3 Å². The third-order valence-electron chi connectivity index (χ3n) is 2.69. The highest BCUT2D eigenvalue weighted by molar-refractivity contribution is 7.15. The summed E-state index contributed by atoms with van der Waals surface area (Å²) < 4.78 is 0. The lowest BCUT2D eigenvalue weighted by Gasteiger charge is -2.19. The van der Waals surface area contributed by atoms with Gasteiger partial charge in [-0.1, -0.05) is 6.92 Å². The van der Waals surface area contributed by atoms with Gasteiger partial charge in [0.05, 0.1) is 23.3 Å². The highest BCUT2D eigenvalue weighted by atomic mass is 32.1. The van der Waals surface area contributed by atoms with Crippen LogP contribution in [0.3, 0.4) is 0 Å². The summed E-state index contributed by atoms with van der Waals surface area (Å²) in [5.74, 6) is 0.992.